The SMILES string of the molecule is COc1cccc(CN(C(=O)C2=C(c3nc(C)c(CCOc4cc(C)c(Cl)c(C)c4)s3)CC3CN(C(=O)OC(C)(C)C)CC2N3C(=O)OC(C)(C)C)C2CC2)c1C. The zero-order valence-corrected chi connectivity index (χ0v) is 36.8. The minimum Gasteiger partial charge on any atom is -0.496 e. The molecule has 2 aliphatic heterocycles. The lowest BCUT2D eigenvalue weighted by atomic mass is 9.84. The Balaban J connectivity index is 1.42. The molecule has 308 valence electrons. The van der Waals surface area contributed by atoms with Gasteiger partial charge >= 0.3 is 12.2 Å². The summed E-state index contributed by atoms with van der Waals surface area (Å²) in [5.74, 6) is 1.34. The lowest BCUT2D eigenvalue weighted by Crippen LogP contribution is -2.66. The molecule has 2 aromatic carbocycles. The fourth-order valence-electron chi connectivity index (χ4n) is 7.63. The van der Waals surface area contributed by atoms with Gasteiger partial charge in [-0.1, -0.05) is 23.7 Å². The van der Waals surface area contributed by atoms with Gasteiger partial charge in [0.05, 0.1) is 31.5 Å². The minimum absolute atomic E-state index is 0.0287. The number of aromatic nitrogens is 1. The van der Waals surface area contributed by atoms with Crippen molar-refractivity contribution in [2.45, 2.75) is 131 Å². The van der Waals surface area contributed by atoms with Crippen LogP contribution >= 0.6 is 22.9 Å². The van der Waals surface area contributed by atoms with Gasteiger partial charge in [-0.05, 0) is 129 Å². The third kappa shape index (κ3) is 9.71. The van der Waals surface area contributed by atoms with Gasteiger partial charge in [-0.3, -0.25) is 9.69 Å². The summed E-state index contributed by atoms with van der Waals surface area (Å²) in [5.41, 5.74) is 4.49. The molecule has 11 nitrogen and oxygen atoms in total. The van der Waals surface area contributed by atoms with Crippen molar-refractivity contribution in [1.82, 2.24) is 19.7 Å². The van der Waals surface area contributed by atoms with E-state index < -0.39 is 35.5 Å². The number of carbonyl (C=O) groups is 3. The second-order valence-corrected chi connectivity index (χ2v) is 18.9. The van der Waals surface area contributed by atoms with Gasteiger partial charge in [0, 0.05) is 53.1 Å². The van der Waals surface area contributed by atoms with Gasteiger partial charge in [0.1, 0.15) is 27.7 Å². The Morgan fingerprint density at radius 2 is 1.60 bits per heavy atom. The molecule has 1 saturated heterocycles. The number of aryl methyl sites for hydroxylation is 3. The van der Waals surface area contributed by atoms with E-state index in [1.54, 1.807) is 28.2 Å². The fourth-order valence-corrected chi connectivity index (χ4v) is 8.85. The van der Waals surface area contributed by atoms with Gasteiger partial charge in [0.2, 0.25) is 0 Å². The zero-order valence-electron chi connectivity index (χ0n) is 35.2. The van der Waals surface area contributed by atoms with E-state index in [9.17, 15) is 9.59 Å². The van der Waals surface area contributed by atoms with E-state index in [0.29, 0.717) is 31.6 Å². The van der Waals surface area contributed by atoms with Crippen molar-refractivity contribution in [2.75, 3.05) is 26.8 Å². The summed E-state index contributed by atoms with van der Waals surface area (Å²) in [6, 6.07) is 8.51. The van der Waals surface area contributed by atoms with Crippen LogP contribution in [-0.4, -0.2) is 93.9 Å². The molecule has 1 aromatic heterocycles. The minimum atomic E-state index is -0.803. The van der Waals surface area contributed by atoms with Gasteiger partial charge < -0.3 is 28.7 Å². The second kappa shape index (κ2) is 16.5. The van der Waals surface area contributed by atoms with E-state index in [2.05, 4.69) is 0 Å². The molecule has 3 aliphatic rings. The molecule has 1 saturated carbocycles. The number of halogens is 1. The van der Waals surface area contributed by atoms with Crippen LogP contribution in [0.25, 0.3) is 5.57 Å². The average Bonchev–Trinajstić information content (AvgIpc) is 3.89. The van der Waals surface area contributed by atoms with Gasteiger partial charge in [-0.2, -0.15) is 0 Å². The lowest BCUT2D eigenvalue weighted by Gasteiger charge is -2.50. The van der Waals surface area contributed by atoms with E-state index in [1.165, 1.54) is 0 Å². The topological polar surface area (TPSA) is 111 Å². The zero-order chi connectivity index (χ0) is 41.6. The van der Waals surface area contributed by atoms with Crippen LogP contribution in [0.1, 0.15) is 98.6 Å². The summed E-state index contributed by atoms with van der Waals surface area (Å²) in [6.07, 6.45) is 1.66. The van der Waals surface area contributed by atoms with Gasteiger partial charge in [-0.15, -0.1) is 11.3 Å². The van der Waals surface area contributed by atoms with Gasteiger partial charge in [0.15, 0.2) is 0 Å². The Hall–Kier alpha value is -4.29. The molecule has 57 heavy (non-hydrogen) atoms. The van der Waals surface area contributed by atoms with Crippen molar-refractivity contribution in [3.63, 3.8) is 0 Å². The van der Waals surface area contributed by atoms with Crippen LogP contribution in [0.3, 0.4) is 0 Å². The first-order valence-corrected chi connectivity index (χ1v) is 21.0. The van der Waals surface area contributed by atoms with E-state index >= 15 is 4.79 Å². The number of thiazole rings is 1. The standard InChI is InChI=1S/C44H57ClN4O7S/c1-25-19-32(20-26(2)38(25)45)54-18-17-36-28(4)46-39(57-36)33-21-31-23-47(41(51)55-43(5,6)7)24-34(49(31)42(52)56-44(8,9)10)37(33)40(50)48(30-15-16-30)22-29-13-12-14-35(53-11)27(29)3/h12-14,19-20,30-31,34H,15-18,21-24H2,1-11H3. The molecule has 1 aliphatic carbocycles. The van der Waals surface area contributed by atoms with Crippen LogP contribution in [0.2, 0.25) is 5.02 Å². The van der Waals surface area contributed by atoms with Crippen molar-refractivity contribution in [3.8, 4) is 11.5 Å². The highest BCUT2D eigenvalue weighted by atomic mass is 35.5. The Morgan fingerprint density at radius 1 is 0.947 bits per heavy atom. The number of piperazine rings is 1. The van der Waals surface area contributed by atoms with E-state index in [-0.39, 0.29) is 25.0 Å². The van der Waals surface area contributed by atoms with Crippen molar-refractivity contribution in [1.29, 1.82) is 0 Å². The lowest BCUT2D eigenvalue weighted by molar-refractivity contribution is -0.129. The molecule has 2 bridgehead atoms. The number of fused-ring (bicyclic) bond motifs is 2. The first-order valence-electron chi connectivity index (χ1n) is 19.8. The third-order valence-electron chi connectivity index (χ3n) is 10.5. The van der Waals surface area contributed by atoms with Crippen LogP contribution in [0.15, 0.2) is 35.9 Å². The molecule has 3 amide bonds. The molecule has 2 unspecified atom stereocenters. The van der Waals surface area contributed by atoms with Gasteiger partial charge in [-0.25, -0.2) is 14.6 Å². The monoisotopic (exact) mass is 820 g/mol. The Kier molecular flexibility index (Phi) is 12.3. The number of benzene rings is 2. The predicted octanol–water partition coefficient (Wildman–Crippen LogP) is 9.23. The van der Waals surface area contributed by atoms with Crippen molar-refractivity contribution in [2.24, 2.45) is 0 Å². The van der Waals surface area contributed by atoms with Crippen LogP contribution in [0, 0.1) is 27.7 Å². The molecule has 2 atom stereocenters. The first-order chi connectivity index (χ1) is 26.7. The molecule has 0 radical (unpaired) electrons. The predicted molar refractivity (Wildman–Crippen MR) is 223 cm³/mol. The third-order valence-corrected chi connectivity index (χ3v) is 12.4. The van der Waals surface area contributed by atoms with Crippen molar-refractivity contribution < 1.29 is 33.3 Å². The molecular weight excluding hydrogens is 764 g/mol. The van der Waals surface area contributed by atoms with Crippen LogP contribution < -0.4 is 9.47 Å². The summed E-state index contributed by atoms with van der Waals surface area (Å²) in [4.78, 5) is 54.7. The van der Waals surface area contributed by atoms with Crippen LogP contribution in [0.5, 0.6) is 11.5 Å². The van der Waals surface area contributed by atoms with Crippen molar-refractivity contribution >= 4 is 46.6 Å². The van der Waals surface area contributed by atoms with E-state index in [4.69, 9.17) is 35.5 Å². The maximum Gasteiger partial charge on any atom is 0.411 e. The maximum atomic E-state index is 15.5. The Labute approximate surface area is 346 Å². The first kappa shape index (κ1) is 42.3. The summed E-state index contributed by atoms with van der Waals surface area (Å²) < 4.78 is 23.7. The highest BCUT2D eigenvalue weighted by molar-refractivity contribution is 7.12. The fraction of sp³-hybridized carbons (Fsp3) is 0.545. The molecular formula is C44H57ClN4O7S. The molecule has 3 aromatic rings. The van der Waals surface area contributed by atoms with Crippen LogP contribution in [-0.2, 0) is 27.2 Å². The van der Waals surface area contributed by atoms with E-state index in [1.807, 2.05) is 104 Å². The number of hydrogen-bond acceptors (Lipinski definition) is 9. The number of hydrogen-bond donors (Lipinski definition) is 0. The molecule has 2 fully saturated rings. The molecule has 13 heteroatoms. The molecule has 3 heterocycles. The Bertz CT molecular complexity index is 2040. The van der Waals surface area contributed by atoms with Crippen molar-refractivity contribution in [3.05, 3.63) is 78.8 Å². The number of methoxy groups -OCH3 is 1. The van der Waals surface area contributed by atoms with Crippen LogP contribution in [0.4, 0.5) is 9.59 Å². The summed E-state index contributed by atoms with van der Waals surface area (Å²) in [7, 11) is 1.64. The largest absolute Gasteiger partial charge is 0.496 e. The summed E-state index contributed by atoms with van der Waals surface area (Å²) >= 11 is 7.95. The smallest absolute Gasteiger partial charge is 0.411 e. The molecule has 0 N–H and O–H groups in total. The molecule has 6 rings (SSSR count). The number of rotatable bonds is 10. The number of nitrogens with zero attached hydrogens (tertiary/aromatic N) is 4. The highest BCUT2D eigenvalue weighted by Gasteiger charge is 2.51. The quantitative estimate of drug-likeness (QED) is 0.199. The Morgan fingerprint density at radius 3 is 2.21 bits per heavy atom. The average molecular weight is 821 g/mol. The van der Waals surface area contributed by atoms with Gasteiger partial charge in [0.25, 0.3) is 5.91 Å². The highest BCUT2D eigenvalue weighted by Crippen LogP contribution is 2.43. The van der Waals surface area contributed by atoms with E-state index in [0.717, 1.165) is 72.8 Å². The summed E-state index contributed by atoms with van der Waals surface area (Å²) in [5, 5.41) is 1.47. The maximum absolute atomic E-state index is 15.5. The number of amides is 3. The molecule has 0 spiro atoms. The number of carbonyl (C=O) groups excluding carboxylic acids is 3. The normalized spacial score (nSPS) is 18.4. The number of ether oxygens (including phenoxy) is 4. The summed E-state index contributed by atoms with van der Waals surface area (Å²) in [6.45, 7) is 20.0. The second-order valence-electron chi connectivity index (χ2n) is 17.4.